The van der Waals surface area contributed by atoms with E-state index in [2.05, 4.69) is 10.2 Å². The second-order valence-electron chi connectivity index (χ2n) is 8.84. The zero-order valence-electron chi connectivity index (χ0n) is 17.1. The average molecular weight is 394 g/mol. The lowest BCUT2D eigenvalue weighted by molar-refractivity contribution is -0.155. The molecule has 8 nitrogen and oxygen atoms in total. The van der Waals surface area contributed by atoms with Crippen molar-refractivity contribution in [1.29, 1.82) is 0 Å². The molecule has 1 heterocycles. The number of primary amides is 1. The Morgan fingerprint density at radius 3 is 2.43 bits per heavy atom. The molecule has 2 saturated carbocycles. The Labute approximate surface area is 167 Å². The van der Waals surface area contributed by atoms with Gasteiger partial charge in [0, 0.05) is 25.4 Å². The molecule has 8 heteroatoms. The van der Waals surface area contributed by atoms with Crippen LogP contribution in [0.2, 0.25) is 0 Å². The van der Waals surface area contributed by atoms with Crippen molar-refractivity contribution in [3.63, 3.8) is 0 Å². The first kappa shape index (κ1) is 21.0. The van der Waals surface area contributed by atoms with Crippen molar-refractivity contribution in [2.75, 3.05) is 26.2 Å². The van der Waals surface area contributed by atoms with Gasteiger partial charge >= 0.3 is 0 Å². The van der Waals surface area contributed by atoms with Gasteiger partial charge in [-0.15, -0.1) is 0 Å². The lowest BCUT2D eigenvalue weighted by Gasteiger charge is -2.54. The fourth-order valence-corrected chi connectivity index (χ4v) is 5.27. The quantitative estimate of drug-likeness (QED) is 0.546. The van der Waals surface area contributed by atoms with Crippen molar-refractivity contribution in [2.45, 2.75) is 64.1 Å². The summed E-state index contributed by atoms with van der Waals surface area (Å²) in [5, 5.41) is 3.10. The van der Waals surface area contributed by atoms with E-state index in [0.29, 0.717) is 25.6 Å². The molecule has 3 fully saturated rings. The minimum Gasteiger partial charge on any atom is -0.369 e. The summed E-state index contributed by atoms with van der Waals surface area (Å²) in [6.07, 6.45) is 4.70. The van der Waals surface area contributed by atoms with Crippen LogP contribution in [0.15, 0.2) is 0 Å². The lowest BCUT2D eigenvalue weighted by Crippen LogP contribution is -2.67. The Balaban J connectivity index is 1.74. The van der Waals surface area contributed by atoms with Crippen LogP contribution < -0.4 is 16.8 Å². The smallest absolute Gasteiger partial charge is 0.231 e. The molecule has 0 aromatic heterocycles. The van der Waals surface area contributed by atoms with Gasteiger partial charge in [0.05, 0.1) is 18.6 Å². The van der Waals surface area contributed by atoms with Crippen LogP contribution in [0.5, 0.6) is 0 Å². The number of hydrogen-bond acceptors (Lipinski definition) is 5. The first-order valence-electron chi connectivity index (χ1n) is 10.6. The lowest BCUT2D eigenvalue weighted by atomic mass is 9.73. The molecule has 5 N–H and O–H groups in total. The number of carbonyl (C=O) groups excluding carboxylic acids is 3. The van der Waals surface area contributed by atoms with E-state index in [0.717, 1.165) is 32.1 Å². The van der Waals surface area contributed by atoms with Crippen molar-refractivity contribution >= 4 is 17.7 Å². The first-order chi connectivity index (χ1) is 13.3. The summed E-state index contributed by atoms with van der Waals surface area (Å²) in [7, 11) is 0. The molecule has 0 spiro atoms. The molecule has 158 valence electrons. The molecular weight excluding hydrogens is 358 g/mol. The number of hydrogen-bond donors (Lipinski definition) is 3. The molecule has 28 heavy (non-hydrogen) atoms. The normalized spacial score (nSPS) is 31.2. The minimum atomic E-state index is -0.376. The van der Waals surface area contributed by atoms with E-state index in [1.165, 1.54) is 0 Å². The summed E-state index contributed by atoms with van der Waals surface area (Å²) in [6, 6.07) is 0.217. The van der Waals surface area contributed by atoms with Crippen LogP contribution in [0, 0.1) is 17.8 Å². The van der Waals surface area contributed by atoms with Gasteiger partial charge in [0.2, 0.25) is 17.7 Å². The third-order valence-corrected chi connectivity index (χ3v) is 6.76. The summed E-state index contributed by atoms with van der Waals surface area (Å²) in [5.74, 6) is 0.755. The molecule has 3 aliphatic rings. The Kier molecular flexibility index (Phi) is 6.60. The van der Waals surface area contributed by atoms with E-state index < -0.39 is 0 Å². The zero-order valence-corrected chi connectivity index (χ0v) is 17.1. The summed E-state index contributed by atoms with van der Waals surface area (Å²) in [4.78, 5) is 40.3. The monoisotopic (exact) mass is 393 g/mol. The maximum atomic E-state index is 13.0. The SMILES string of the molecule is CC(=O)N1C2CCC(C(CN)CNCC(N)=O)CC2N(C(=O)C2CC2)C[C@@H]1C. The molecule has 0 aromatic carbocycles. The predicted octanol–water partition coefficient (Wildman–Crippen LogP) is -0.337. The van der Waals surface area contributed by atoms with Gasteiger partial charge in [0.25, 0.3) is 0 Å². The van der Waals surface area contributed by atoms with Gasteiger partial charge in [-0.25, -0.2) is 0 Å². The van der Waals surface area contributed by atoms with Gasteiger partial charge in [-0.1, -0.05) is 0 Å². The highest BCUT2D eigenvalue weighted by Crippen LogP contribution is 2.41. The van der Waals surface area contributed by atoms with Crippen molar-refractivity contribution < 1.29 is 14.4 Å². The van der Waals surface area contributed by atoms with Gasteiger partial charge in [0.1, 0.15) is 0 Å². The average Bonchev–Trinajstić information content (AvgIpc) is 3.48. The number of piperazine rings is 1. The number of nitrogens with zero attached hydrogens (tertiary/aromatic N) is 2. The van der Waals surface area contributed by atoms with Gasteiger partial charge in [-0.05, 0) is 64.0 Å². The molecule has 1 saturated heterocycles. The van der Waals surface area contributed by atoms with Crippen LogP contribution in [0.1, 0.15) is 46.0 Å². The molecule has 5 atom stereocenters. The predicted molar refractivity (Wildman–Crippen MR) is 106 cm³/mol. The Hall–Kier alpha value is -1.67. The van der Waals surface area contributed by atoms with E-state index in [1.807, 2.05) is 11.8 Å². The van der Waals surface area contributed by atoms with Gasteiger partial charge in [0.15, 0.2) is 0 Å². The number of nitrogens with two attached hydrogens (primary N) is 2. The summed E-state index contributed by atoms with van der Waals surface area (Å²) >= 11 is 0. The molecule has 0 bridgehead atoms. The van der Waals surface area contributed by atoms with Gasteiger partial charge < -0.3 is 26.6 Å². The van der Waals surface area contributed by atoms with E-state index >= 15 is 0 Å². The maximum Gasteiger partial charge on any atom is 0.231 e. The fourth-order valence-electron chi connectivity index (χ4n) is 5.27. The zero-order chi connectivity index (χ0) is 20.4. The number of rotatable bonds is 7. The van der Waals surface area contributed by atoms with Crippen LogP contribution in [-0.4, -0.2) is 71.8 Å². The van der Waals surface area contributed by atoms with Crippen LogP contribution in [0.25, 0.3) is 0 Å². The van der Waals surface area contributed by atoms with E-state index in [4.69, 9.17) is 11.5 Å². The second-order valence-corrected chi connectivity index (χ2v) is 8.84. The fraction of sp³-hybridized carbons (Fsp3) is 0.850. The van der Waals surface area contributed by atoms with E-state index in [-0.39, 0.29) is 54.2 Å². The van der Waals surface area contributed by atoms with E-state index in [9.17, 15) is 14.4 Å². The third kappa shape index (κ3) is 4.49. The van der Waals surface area contributed by atoms with Crippen LogP contribution in [-0.2, 0) is 14.4 Å². The number of fused-ring (bicyclic) bond motifs is 1. The van der Waals surface area contributed by atoms with Crippen molar-refractivity contribution in [3.05, 3.63) is 0 Å². The highest BCUT2D eigenvalue weighted by molar-refractivity contribution is 5.82. The minimum absolute atomic E-state index is 0.0561. The number of nitrogens with one attached hydrogen (secondary N) is 1. The Bertz CT molecular complexity index is 609. The largest absolute Gasteiger partial charge is 0.369 e. The molecule has 2 aliphatic carbocycles. The van der Waals surface area contributed by atoms with Gasteiger partial charge in [-0.3, -0.25) is 14.4 Å². The molecule has 0 aromatic rings. The number of carbonyl (C=O) groups is 3. The van der Waals surface area contributed by atoms with Crippen LogP contribution in [0.4, 0.5) is 0 Å². The van der Waals surface area contributed by atoms with Crippen LogP contribution >= 0.6 is 0 Å². The highest BCUT2D eigenvalue weighted by Gasteiger charge is 2.49. The first-order valence-corrected chi connectivity index (χ1v) is 10.6. The van der Waals surface area contributed by atoms with Crippen molar-refractivity contribution in [3.8, 4) is 0 Å². The standard InChI is InChI=1S/C20H35N5O3/c1-12-11-24(20(28)14-3-4-14)18-7-15(5-6-17(18)25(12)13(2)26)16(8-21)9-23-10-19(22)27/h12,14-18,23H,3-11,21H2,1-2H3,(H2,22,27)/t12-,15?,16?,17?,18?/m0/s1. The summed E-state index contributed by atoms with van der Waals surface area (Å²) in [6.45, 7) is 5.62. The Morgan fingerprint density at radius 2 is 1.86 bits per heavy atom. The van der Waals surface area contributed by atoms with Gasteiger partial charge in [-0.2, -0.15) is 0 Å². The Morgan fingerprint density at radius 1 is 1.14 bits per heavy atom. The summed E-state index contributed by atoms with van der Waals surface area (Å²) in [5.41, 5.74) is 11.3. The summed E-state index contributed by atoms with van der Waals surface area (Å²) < 4.78 is 0. The van der Waals surface area contributed by atoms with Crippen molar-refractivity contribution in [1.82, 2.24) is 15.1 Å². The second kappa shape index (κ2) is 8.78. The molecule has 1 aliphatic heterocycles. The molecule has 3 amide bonds. The molecular formula is C20H35N5O3. The molecule has 0 radical (unpaired) electrons. The topological polar surface area (TPSA) is 122 Å². The van der Waals surface area contributed by atoms with E-state index in [1.54, 1.807) is 6.92 Å². The van der Waals surface area contributed by atoms with Crippen molar-refractivity contribution in [2.24, 2.45) is 29.2 Å². The van der Waals surface area contributed by atoms with Crippen LogP contribution in [0.3, 0.4) is 0 Å². The third-order valence-electron chi connectivity index (χ3n) is 6.76. The highest BCUT2D eigenvalue weighted by atomic mass is 16.2. The molecule has 3 rings (SSSR count). The molecule has 4 unspecified atom stereocenters. The maximum absolute atomic E-state index is 13.0. The number of amides is 3.